The van der Waals surface area contributed by atoms with Gasteiger partial charge in [0.2, 0.25) is 5.91 Å². The van der Waals surface area contributed by atoms with Crippen molar-refractivity contribution in [1.29, 1.82) is 0 Å². The van der Waals surface area contributed by atoms with E-state index in [-0.39, 0.29) is 16.1 Å². The van der Waals surface area contributed by atoms with Crippen molar-refractivity contribution in [1.82, 2.24) is 10.6 Å². The SMILES string of the molecule is COCC1(C(=O)NCC2(Sc3ccccc3)CCCC2)CCNCC1. The lowest BCUT2D eigenvalue weighted by atomic mass is 9.78. The fraction of sp³-hybridized carbons (Fsp3) is 0.650. The van der Waals surface area contributed by atoms with E-state index in [1.807, 2.05) is 11.8 Å². The number of piperidine rings is 1. The van der Waals surface area contributed by atoms with Crippen LogP contribution in [0.25, 0.3) is 0 Å². The van der Waals surface area contributed by atoms with Crippen LogP contribution in [0.5, 0.6) is 0 Å². The summed E-state index contributed by atoms with van der Waals surface area (Å²) < 4.78 is 5.54. The molecule has 5 heteroatoms. The number of hydrogen-bond acceptors (Lipinski definition) is 4. The van der Waals surface area contributed by atoms with E-state index in [1.165, 1.54) is 30.6 Å². The highest BCUT2D eigenvalue weighted by Gasteiger charge is 2.42. The Morgan fingerprint density at radius 2 is 1.84 bits per heavy atom. The number of rotatable bonds is 7. The molecule has 3 rings (SSSR count). The van der Waals surface area contributed by atoms with Crippen LogP contribution in [0.3, 0.4) is 0 Å². The summed E-state index contributed by atoms with van der Waals surface area (Å²) in [4.78, 5) is 14.3. The van der Waals surface area contributed by atoms with Gasteiger partial charge in [0.1, 0.15) is 0 Å². The zero-order chi connectivity index (χ0) is 17.6. The third-order valence-corrected chi connectivity index (χ3v) is 7.12. The third-order valence-electron chi connectivity index (χ3n) is 5.63. The molecule has 0 atom stereocenters. The molecule has 1 aliphatic carbocycles. The van der Waals surface area contributed by atoms with Gasteiger partial charge in [-0.3, -0.25) is 4.79 Å². The zero-order valence-corrected chi connectivity index (χ0v) is 16.0. The zero-order valence-electron chi connectivity index (χ0n) is 15.2. The summed E-state index contributed by atoms with van der Waals surface area (Å²) in [5, 5.41) is 6.66. The average Bonchev–Trinajstić information content (AvgIpc) is 3.10. The van der Waals surface area contributed by atoms with Crippen LogP contribution in [0.1, 0.15) is 38.5 Å². The Hall–Kier alpha value is -1.04. The highest BCUT2D eigenvalue weighted by Crippen LogP contribution is 2.45. The van der Waals surface area contributed by atoms with Crippen molar-refractivity contribution in [2.75, 3.05) is 33.4 Å². The first-order valence-corrected chi connectivity index (χ1v) is 10.2. The smallest absolute Gasteiger partial charge is 0.228 e. The minimum atomic E-state index is -0.364. The van der Waals surface area contributed by atoms with Crippen molar-refractivity contribution >= 4 is 17.7 Å². The van der Waals surface area contributed by atoms with Crippen molar-refractivity contribution in [3.63, 3.8) is 0 Å². The number of hydrogen-bond donors (Lipinski definition) is 2. The highest BCUT2D eigenvalue weighted by molar-refractivity contribution is 8.00. The molecule has 0 unspecified atom stereocenters. The molecule has 2 N–H and O–H groups in total. The Bertz CT molecular complexity index is 547. The molecular formula is C20H30N2O2S. The van der Waals surface area contributed by atoms with Crippen molar-refractivity contribution in [3.05, 3.63) is 30.3 Å². The topological polar surface area (TPSA) is 50.4 Å². The molecule has 0 bridgehead atoms. The maximum absolute atomic E-state index is 13.0. The second-order valence-corrected chi connectivity index (χ2v) is 8.99. The molecule has 1 aromatic carbocycles. The Kier molecular flexibility index (Phi) is 6.42. The molecule has 2 fully saturated rings. The molecule has 1 amide bonds. The predicted molar refractivity (Wildman–Crippen MR) is 103 cm³/mol. The second kappa shape index (κ2) is 8.56. The maximum Gasteiger partial charge on any atom is 0.228 e. The Morgan fingerprint density at radius 1 is 1.16 bits per heavy atom. The molecule has 1 aromatic rings. The molecule has 25 heavy (non-hydrogen) atoms. The van der Waals surface area contributed by atoms with E-state index in [0.717, 1.165) is 32.5 Å². The minimum Gasteiger partial charge on any atom is -0.384 e. The Labute approximate surface area is 155 Å². The first-order chi connectivity index (χ1) is 12.2. The minimum absolute atomic E-state index is 0.137. The van der Waals surface area contributed by atoms with Gasteiger partial charge in [0.25, 0.3) is 0 Å². The van der Waals surface area contributed by atoms with Gasteiger partial charge in [-0.2, -0.15) is 0 Å². The van der Waals surface area contributed by atoms with Crippen molar-refractivity contribution in [2.45, 2.75) is 48.2 Å². The highest BCUT2D eigenvalue weighted by atomic mass is 32.2. The lowest BCUT2D eigenvalue weighted by Gasteiger charge is -2.37. The number of benzene rings is 1. The molecule has 0 aromatic heterocycles. The molecule has 2 aliphatic rings. The first-order valence-electron chi connectivity index (χ1n) is 9.40. The van der Waals surface area contributed by atoms with E-state index in [1.54, 1.807) is 7.11 Å². The Morgan fingerprint density at radius 3 is 2.48 bits per heavy atom. The lowest BCUT2D eigenvalue weighted by Crippen LogP contribution is -2.52. The summed E-state index contributed by atoms with van der Waals surface area (Å²) in [5.74, 6) is 0.177. The molecule has 0 radical (unpaired) electrons. The van der Waals surface area contributed by atoms with Gasteiger partial charge in [-0.1, -0.05) is 31.0 Å². The first kappa shape index (κ1) is 18.7. The van der Waals surface area contributed by atoms with Gasteiger partial charge in [-0.15, -0.1) is 11.8 Å². The molecule has 1 aliphatic heterocycles. The van der Waals surface area contributed by atoms with Crippen LogP contribution in [-0.4, -0.2) is 44.0 Å². The van der Waals surface area contributed by atoms with E-state index in [2.05, 4.69) is 41.0 Å². The number of ether oxygens (including phenoxy) is 1. The van der Waals surface area contributed by atoms with Gasteiger partial charge in [-0.25, -0.2) is 0 Å². The second-order valence-electron chi connectivity index (χ2n) is 7.45. The van der Waals surface area contributed by atoms with Crippen LogP contribution >= 0.6 is 11.8 Å². The summed E-state index contributed by atoms with van der Waals surface area (Å²) in [7, 11) is 1.70. The number of thioether (sulfide) groups is 1. The molecule has 1 heterocycles. The van der Waals surface area contributed by atoms with E-state index in [9.17, 15) is 4.79 Å². The van der Waals surface area contributed by atoms with Gasteiger partial charge in [-0.05, 0) is 50.9 Å². The van der Waals surface area contributed by atoms with Gasteiger partial charge in [0, 0.05) is 23.3 Å². The lowest BCUT2D eigenvalue weighted by molar-refractivity contribution is -0.136. The van der Waals surface area contributed by atoms with Crippen molar-refractivity contribution in [3.8, 4) is 0 Å². The van der Waals surface area contributed by atoms with Crippen LogP contribution in [0, 0.1) is 5.41 Å². The largest absolute Gasteiger partial charge is 0.384 e. The normalized spacial score (nSPS) is 21.8. The number of carbonyl (C=O) groups is 1. The van der Waals surface area contributed by atoms with Gasteiger partial charge in [0.05, 0.1) is 12.0 Å². The van der Waals surface area contributed by atoms with Gasteiger partial charge < -0.3 is 15.4 Å². The molecular weight excluding hydrogens is 332 g/mol. The monoisotopic (exact) mass is 362 g/mol. The number of carbonyl (C=O) groups excluding carboxylic acids is 1. The van der Waals surface area contributed by atoms with Crippen LogP contribution < -0.4 is 10.6 Å². The van der Waals surface area contributed by atoms with Crippen LogP contribution in [-0.2, 0) is 9.53 Å². The summed E-state index contributed by atoms with van der Waals surface area (Å²) in [5.41, 5.74) is -0.364. The average molecular weight is 363 g/mol. The van der Waals surface area contributed by atoms with Gasteiger partial charge >= 0.3 is 0 Å². The fourth-order valence-corrected chi connectivity index (χ4v) is 5.55. The molecule has 4 nitrogen and oxygen atoms in total. The van der Waals surface area contributed by atoms with E-state index in [4.69, 9.17) is 4.74 Å². The quantitative estimate of drug-likeness (QED) is 0.782. The number of amides is 1. The molecule has 0 spiro atoms. The van der Waals surface area contributed by atoms with Crippen molar-refractivity contribution in [2.24, 2.45) is 5.41 Å². The van der Waals surface area contributed by atoms with E-state index in [0.29, 0.717) is 6.61 Å². The van der Waals surface area contributed by atoms with Crippen molar-refractivity contribution < 1.29 is 9.53 Å². The predicted octanol–water partition coefficient (Wildman–Crippen LogP) is 3.22. The summed E-state index contributed by atoms with van der Waals surface area (Å²) in [6, 6.07) is 10.6. The number of nitrogens with one attached hydrogen (secondary N) is 2. The van der Waals surface area contributed by atoms with E-state index < -0.39 is 0 Å². The number of methoxy groups -OCH3 is 1. The maximum atomic E-state index is 13.0. The standard InChI is InChI=1S/C20H30N2O2S/c1-24-16-19(11-13-21-14-12-19)18(23)22-15-20(9-5-6-10-20)25-17-7-3-2-4-8-17/h2-4,7-8,21H,5-6,9-16H2,1H3,(H,22,23). The summed E-state index contributed by atoms with van der Waals surface area (Å²) in [6.07, 6.45) is 6.56. The Balaban J connectivity index is 1.65. The van der Waals surface area contributed by atoms with Gasteiger partial charge in [0.15, 0.2) is 0 Å². The molecule has 1 saturated carbocycles. The molecule has 138 valence electrons. The van der Waals surface area contributed by atoms with Crippen LogP contribution in [0.15, 0.2) is 35.2 Å². The third kappa shape index (κ3) is 4.57. The fourth-order valence-electron chi connectivity index (χ4n) is 4.12. The van der Waals surface area contributed by atoms with Crippen LogP contribution in [0.2, 0.25) is 0 Å². The molecule has 1 saturated heterocycles. The van der Waals surface area contributed by atoms with Crippen LogP contribution in [0.4, 0.5) is 0 Å². The van der Waals surface area contributed by atoms with E-state index >= 15 is 0 Å². The summed E-state index contributed by atoms with van der Waals surface area (Å²) >= 11 is 1.94. The summed E-state index contributed by atoms with van der Waals surface area (Å²) in [6.45, 7) is 3.05.